The van der Waals surface area contributed by atoms with Gasteiger partial charge in [-0.3, -0.25) is 14.6 Å². The molecule has 0 unspecified atom stereocenters. The summed E-state index contributed by atoms with van der Waals surface area (Å²) in [5.74, 6) is -0.0641. The quantitative estimate of drug-likeness (QED) is 0.275. The second-order valence-electron chi connectivity index (χ2n) is 7.35. The molecule has 164 valence electrons. The monoisotopic (exact) mass is 420 g/mol. The van der Waals surface area contributed by atoms with Crippen molar-refractivity contribution >= 4 is 17.9 Å². The molecule has 0 fully saturated rings. The fraction of sp³-hybridized carbons (Fsp3) is 0.320. The molecule has 6 nitrogen and oxygen atoms in total. The zero-order valence-corrected chi connectivity index (χ0v) is 18.6. The maximum absolute atomic E-state index is 12.2. The molecule has 0 saturated heterocycles. The number of aldehydes is 1. The number of benzene rings is 1. The summed E-state index contributed by atoms with van der Waals surface area (Å²) in [6.45, 7) is 9.45. The van der Waals surface area contributed by atoms with Gasteiger partial charge in [-0.1, -0.05) is 32.1 Å². The predicted molar refractivity (Wildman–Crippen MR) is 126 cm³/mol. The van der Waals surface area contributed by atoms with Crippen molar-refractivity contribution in [2.75, 3.05) is 20.1 Å². The molecule has 0 saturated carbocycles. The van der Waals surface area contributed by atoms with Crippen LogP contribution in [0.4, 0.5) is 0 Å². The average molecular weight is 421 g/mol. The standard InChI is InChI=1S/C25H32N4O2/c1-5-6-13-28-25(31)21-9-7-20(8-10-21)24-16-22(11-15-27-24)19(3)29-23(12-14-26-4)18(2)17-30/h7-11,15-17,26,29H,3,5-6,12-14H2,1-2,4H3,(H,28,31)/b23-18+. The van der Waals surface area contributed by atoms with Gasteiger partial charge in [-0.2, -0.15) is 0 Å². The van der Waals surface area contributed by atoms with Crippen LogP contribution in [-0.4, -0.2) is 37.3 Å². The molecule has 2 rings (SSSR count). The van der Waals surface area contributed by atoms with E-state index in [1.54, 1.807) is 13.1 Å². The molecule has 0 atom stereocenters. The maximum atomic E-state index is 12.2. The smallest absolute Gasteiger partial charge is 0.251 e. The maximum Gasteiger partial charge on any atom is 0.251 e. The minimum Gasteiger partial charge on any atom is -0.359 e. The molecule has 0 radical (unpaired) electrons. The number of nitrogens with one attached hydrogen (secondary N) is 3. The molecule has 0 bridgehead atoms. The lowest BCUT2D eigenvalue weighted by Gasteiger charge is -2.15. The van der Waals surface area contributed by atoms with Gasteiger partial charge in [-0.15, -0.1) is 0 Å². The van der Waals surface area contributed by atoms with Crippen molar-refractivity contribution in [1.29, 1.82) is 0 Å². The van der Waals surface area contributed by atoms with Gasteiger partial charge >= 0.3 is 0 Å². The Hall–Kier alpha value is -3.25. The summed E-state index contributed by atoms with van der Waals surface area (Å²) in [5, 5.41) is 9.29. The second kappa shape index (κ2) is 12.4. The van der Waals surface area contributed by atoms with Crippen LogP contribution in [0.2, 0.25) is 0 Å². The molecule has 0 aliphatic rings. The summed E-state index contributed by atoms with van der Waals surface area (Å²) >= 11 is 0. The number of hydrogen-bond acceptors (Lipinski definition) is 5. The zero-order valence-electron chi connectivity index (χ0n) is 18.6. The first-order valence-electron chi connectivity index (χ1n) is 10.6. The van der Waals surface area contributed by atoms with Crippen molar-refractivity contribution in [2.45, 2.75) is 33.1 Å². The minimum atomic E-state index is -0.0641. The number of rotatable bonds is 12. The van der Waals surface area contributed by atoms with E-state index < -0.39 is 0 Å². The lowest BCUT2D eigenvalue weighted by molar-refractivity contribution is -0.104. The number of aromatic nitrogens is 1. The van der Waals surface area contributed by atoms with Gasteiger partial charge in [0.1, 0.15) is 6.29 Å². The second-order valence-corrected chi connectivity index (χ2v) is 7.35. The number of carbonyl (C=O) groups excluding carboxylic acids is 2. The Kier molecular flexibility index (Phi) is 9.65. The molecule has 0 aliphatic heterocycles. The fourth-order valence-corrected chi connectivity index (χ4v) is 2.98. The van der Waals surface area contributed by atoms with Gasteiger partial charge in [0.05, 0.1) is 5.69 Å². The zero-order chi connectivity index (χ0) is 22.6. The van der Waals surface area contributed by atoms with Crippen LogP contribution in [0.1, 0.15) is 49.0 Å². The SMILES string of the molecule is C=C(N/C(CCNC)=C(\C)C=O)c1ccnc(-c2ccc(C(=O)NCCCC)cc2)c1. The van der Waals surface area contributed by atoms with Crippen molar-refractivity contribution in [3.05, 3.63) is 71.6 Å². The number of carbonyl (C=O) groups is 2. The van der Waals surface area contributed by atoms with E-state index in [-0.39, 0.29) is 5.91 Å². The summed E-state index contributed by atoms with van der Waals surface area (Å²) in [6, 6.07) is 11.2. The van der Waals surface area contributed by atoms with Crippen LogP contribution >= 0.6 is 0 Å². The van der Waals surface area contributed by atoms with Gasteiger partial charge in [0, 0.05) is 59.4 Å². The summed E-state index contributed by atoms with van der Waals surface area (Å²) in [7, 11) is 1.87. The Bertz CT molecular complexity index is 933. The normalized spacial score (nSPS) is 11.5. The molecule has 31 heavy (non-hydrogen) atoms. The number of allylic oxidation sites excluding steroid dienone is 1. The van der Waals surface area contributed by atoms with Crippen LogP contribution in [0, 0.1) is 0 Å². The third-order valence-corrected chi connectivity index (χ3v) is 4.95. The first kappa shape index (κ1) is 24.0. The van der Waals surface area contributed by atoms with E-state index >= 15 is 0 Å². The Morgan fingerprint density at radius 2 is 1.87 bits per heavy atom. The molecule has 2 aromatic rings. The van der Waals surface area contributed by atoms with E-state index in [9.17, 15) is 9.59 Å². The van der Waals surface area contributed by atoms with E-state index in [0.29, 0.717) is 29.8 Å². The summed E-state index contributed by atoms with van der Waals surface area (Å²) in [6.07, 6.45) is 5.29. The Morgan fingerprint density at radius 3 is 2.52 bits per heavy atom. The van der Waals surface area contributed by atoms with Crippen LogP contribution in [-0.2, 0) is 4.79 Å². The number of hydrogen-bond donors (Lipinski definition) is 3. The first-order chi connectivity index (χ1) is 15.0. The average Bonchev–Trinajstić information content (AvgIpc) is 2.81. The lowest BCUT2D eigenvalue weighted by Crippen LogP contribution is -2.24. The van der Waals surface area contributed by atoms with E-state index in [1.807, 2.05) is 43.4 Å². The van der Waals surface area contributed by atoms with E-state index in [4.69, 9.17) is 0 Å². The van der Waals surface area contributed by atoms with Crippen LogP contribution in [0.5, 0.6) is 0 Å². The number of nitrogens with zero attached hydrogens (tertiary/aromatic N) is 1. The Morgan fingerprint density at radius 1 is 1.13 bits per heavy atom. The molecule has 1 aromatic heterocycles. The van der Waals surface area contributed by atoms with Crippen LogP contribution in [0.15, 0.2) is 60.4 Å². The molecule has 1 heterocycles. The summed E-state index contributed by atoms with van der Waals surface area (Å²) in [4.78, 5) is 27.9. The largest absolute Gasteiger partial charge is 0.359 e. The predicted octanol–water partition coefficient (Wildman–Crippen LogP) is 3.92. The highest BCUT2D eigenvalue weighted by Crippen LogP contribution is 2.22. The fourth-order valence-electron chi connectivity index (χ4n) is 2.98. The van der Waals surface area contributed by atoms with E-state index in [1.165, 1.54) is 0 Å². The van der Waals surface area contributed by atoms with Crippen molar-refractivity contribution in [3.8, 4) is 11.3 Å². The number of amides is 1. The molecule has 6 heteroatoms. The Balaban J connectivity index is 2.14. The van der Waals surface area contributed by atoms with Crippen molar-refractivity contribution in [1.82, 2.24) is 20.9 Å². The van der Waals surface area contributed by atoms with Crippen LogP contribution < -0.4 is 16.0 Å². The van der Waals surface area contributed by atoms with Crippen LogP contribution in [0.25, 0.3) is 17.0 Å². The lowest BCUT2D eigenvalue weighted by atomic mass is 10.1. The highest BCUT2D eigenvalue weighted by atomic mass is 16.1. The molecule has 1 aromatic carbocycles. The van der Waals surface area contributed by atoms with Gasteiger partial charge in [-0.05, 0) is 44.7 Å². The van der Waals surface area contributed by atoms with Gasteiger partial charge in [0.25, 0.3) is 5.91 Å². The first-order valence-corrected chi connectivity index (χ1v) is 10.6. The van der Waals surface area contributed by atoms with E-state index in [0.717, 1.165) is 48.2 Å². The molecular formula is C25H32N4O2. The third kappa shape index (κ3) is 7.19. The van der Waals surface area contributed by atoms with Crippen molar-refractivity contribution in [2.24, 2.45) is 0 Å². The van der Waals surface area contributed by atoms with Gasteiger partial charge in [-0.25, -0.2) is 0 Å². The highest BCUT2D eigenvalue weighted by molar-refractivity contribution is 5.94. The number of pyridine rings is 1. The van der Waals surface area contributed by atoms with E-state index in [2.05, 4.69) is 34.4 Å². The third-order valence-electron chi connectivity index (χ3n) is 4.95. The van der Waals surface area contributed by atoms with Gasteiger partial charge in [0.2, 0.25) is 0 Å². The Labute approximate surface area is 184 Å². The highest BCUT2D eigenvalue weighted by Gasteiger charge is 2.09. The van der Waals surface area contributed by atoms with Crippen molar-refractivity contribution in [3.63, 3.8) is 0 Å². The topological polar surface area (TPSA) is 83.1 Å². The molecular weight excluding hydrogens is 388 g/mol. The van der Waals surface area contributed by atoms with Gasteiger partial charge < -0.3 is 16.0 Å². The van der Waals surface area contributed by atoms with Crippen molar-refractivity contribution < 1.29 is 9.59 Å². The molecule has 0 aliphatic carbocycles. The number of unbranched alkanes of at least 4 members (excludes halogenated alkanes) is 1. The molecule has 1 amide bonds. The minimum absolute atomic E-state index is 0.0641. The van der Waals surface area contributed by atoms with Crippen LogP contribution in [0.3, 0.4) is 0 Å². The summed E-state index contributed by atoms with van der Waals surface area (Å²) in [5.41, 5.74) is 5.39. The summed E-state index contributed by atoms with van der Waals surface area (Å²) < 4.78 is 0. The molecule has 3 N–H and O–H groups in total. The molecule has 0 spiro atoms. The van der Waals surface area contributed by atoms with Gasteiger partial charge in [0.15, 0.2) is 0 Å².